The molecule has 2 aliphatic carbocycles. The highest BCUT2D eigenvalue weighted by atomic mass is 16.3. The minimum absolute atomic E-state index is 0.0702. The van der Waals surface area contributed by atoms with Gasteiger partial charge in [-0.05, 0) is 64.7 Å². The molecule has 1 aromatic carbocycles. The van der Waals surface area contributed by atoms with Crippen LogP contribution in [0.25, 0.3) is 5.57 Å². The zero-order valence-corrected chi connectivity index (χ0v) is 15.4. The van der Waals surface area contributed by atoms with Crippen LogP contribution in [-0.4, -0.2) is 11.2 Å². The Kier molecular flexibility index (Phi) is 4.44. The maximum atomic E-state index is 9.94. The lowest BCUT2D eigenvalue weighted by molar-refractivity contribution is 0.248. The summed E-state index contributed by atoms with van der Waals surface area (Å²) in [6.07, 6.45) is 6.87. The molecule has 3 rings (SSSR count). The second kappa shape index (κ2) is 6.09. The van der Waals surface area contributed by atoms with Crippen molar-refractivity contribution >= 4 is 5.57 Å². The third kappa shape index (κ3) is 3.13. The second-order valence-corrected chi connectivity index (χ2v) is 8.57. The van der Waals surface area contributed by atoms with E-state index >= 15 is 0 Å². The van der Waals surface area contributed by atoms with Crippen molar-refractivity contribution in [3.63, 3.8) is 0 Å². The van der Waals surface area contributed by atoms with Gasteiger partial charge in [-0.3, -0.25) is 0 Å². The standard InChI is InChI=1S/C22H32O/c1-6-7-17(19-13-21(19)23)15-8-9-20-18(12-15)16(14(2)3)10-11-22(20,4)5/h8-10,12,14,17,19,21,23H,6-7,11,13H2,1-5H3/t17?,19?,21-/m0/s1. The van der Waals surface area contributed by atoms with E-state index in [-0.39, 0.29) is 11.5 Å². The Morgan fingerprint density at radius 1 is 1.26 bits per heavy atom. The minimum atomic E-state index is -0.0702. The van der Waals surface area contributed by atoms with Gasteiger partial charge < -0.3 is 5.11 Å². The quantitative estimate of drug-likeness (QED) is 0.742. The molecule has 1 fully saturated rings. The molecule has 0 spiro atoms. The fraction of sp³-hybridized carbons (Fsp3) is 0.636. The zero-order chi connectivity index (χ0) is 16.8. The highest BCUT2D eigenvalue weighted by Crippen LogP contribution is 2.48. The van der Waals surface area contributed by atoms with E-state index in [0.717, 1.165) is 12.8 Å². The summed E-state index contributed by atoms with van der Waals surface area (Å²) >= 11 is 0. The summed E-state index contributed by atoms with van der Waals surface area (Å²) in [4.78, 5) is 0. The Hall–Kier alpha value is -1.08. The lowest BCUT2D eigenvalue weighted by atomic mass is 9.70. The molecule has 1 N–H and O–H groups in total. The van der Waals surface area contributed by atoms with Crippen LogP contribution in [0.15, 0.2) is 24.3 Å². The number of fused-ring (bicyclic) bond motifs is 1. The maximum Gasteiger partial charge on any atom is 0.0579 e. The molecule has 0 aromatic heterocycles. The lowest BCUT2D eigenvalue weighted by Crippen LogP contribution is -2.23. The van der Waals surface area contributed by atoms with Gasteiger partial charge in [-0.25, -0.2) is 0 Å². The molecule has 126 valence electrons. The molecule has 1 aromatic rings. The molecule has 23 heavy (non-hydrogen) atoms. The molecule has 0 bridgehead atoms. The summed E-state index contributed by atoms with van der Waals surface area (Å²) in [5.41, 5.74) is 6.14. The average Bonchev–Trinajstić information content (AvgIpc) is 3.20. The van der Waals surface area contributed by atoms with Gasteiger partial charge in [0.1, 0.15) is 0 Å². The molecule has 0 amide bonds. The molecule has 0 aliphatic heterocycles. The summed E-state index contributed by atoms with van der Waals surface area (Å²) in [5.74, 6) is 1.58. The molecule has 2 aliphatic rings. The van der Waals surface area contributed by atoms with E-state index in [0.29, 0.717) is 17.8 Å². The Morgan fingerprint density at radius 2 is 1.96 bits per heavy atom. The van der Waals surface area contributed by atoms with Gasteiger partial charge in [0, 0.05) is 0 Å². The third-order valence-corrected chi connectivity index (χ3v) is 5.89. The van der Waals surface area contributed by atoms with Crippen LogP contribution in [0, 0.1) is 11.8 Å². The van der Waals surface area contributed by atoms with Gasteiger partial charge in [0.2, 0.25) is 0 Å². The third-order valence-electron chi connectivity index (χ3n) is 5.89. The van der Waals surface area contributed by atoms with E-state index in [1.165, 1.54) is 35.1 Å². The Morgan fingerprint density at radius 3 is 2.52 bits per heavy atom. The van der Waals surface area contributed by atoms with Crippen LogP contribution in [-0.2, 0) is 5.41 Å². The van der Waals surface area contributed by atoms with Gasteiger partial charge in [0.05, 0.1) is 6.10 Å². The molecule has 0 saturated heterocycles. The first-order chi connectivity index (χ1) is 10.8. The summed E-state index contributed by atoms with van der Waals surface area (Å²) in [5, 5.41) is 9.94. The molecule has 1 nitrogen and oxygen atoms in total. The van der Waals surface area contributed by atoms with E-state index in [1.54, 1.807) is 0 Å². The number of rotatable bonds is 5. The summed E-state index contributed by atoms with van der Waals surface area (Å²) in [6, 6.07) is 7.17. The Bertz CT molecular complexity index is 608. The van der Waals surface area contributed by atoms with Crippen molar-refractivity contribution in [2.24, 2.45) is 11.8 Å². The molecule has 1 saturated carbocycles. The van der Waals surface area contributed by atoms with Crippen LogP contribution in [0.2, 0.25) is 0 Å². The molecule has 2 unspecified atom stereocenters. The van der Waals surface area contributed by atoms with Gasteiger partial charge in [0.15, 0.2) is 0 Å². The zero-order valence-electron chi connectivity index (χ0n) is 15.4. The molecular formula is C22H32O. The Balaban J connectivity index is 2.03. The monoisotopic (exact) mass is 312 g/mol. The van der Waals surface area contributed by atoms with Gasteiger partial charge in [0.25, 0.3) is 0 Å². The van der Waals surface area contributed by atoms with Crippen LogP contribution in [0.5, 0.6) is 0 Å². The van der Waals surface area contributed by atoms with Gasteiger partial charge in [-0.1, -0.05) is 65.3 Å². The predicted octanol–water partition coefficient (Wildman–Crippen LogP) is 5.67. The Labute approximate surface area is 141 Å². The summed E-state index contributed by atoms with van der Waals surface area (Å²) < 4.78 is 0. The van der Waals surface area contributed by atoms with Crippen molar-refractivity contribution in [2.75, 3.05) is 0 Å². The highest BCUT2D eigenvalue weighted by molar-refractivity contribution is 5.73. The number of benzene rings is 1. The lowest BCUT2D eigenvalue weighted by Gasteiger charge is -2.34. The van der Waals surface area contributed by atoms with E-state index in [9.17, 15) is 5.11 Å². The first-order valence-electron chi connectivity index (χ1n) is 9.38. The minimum Gasteiger partial charge on any atom is -0.393 e. The molecule has 0 heterocycles. The molecule has 3 atom stereocenters. The van der Waals surface area contributed by atoms with Crippen LogP contribution in [0.4, 0.5) is 0 Å². The average molecular weight is 312 g/mol. The SMILES string of the molecule is CCCC(c1ccc2c(c1)C(C(C)C)=CCC2(C)C)C1C[C@@H]1O. The van der Waals surface area contributed by atoms with E-state index in [4.69, 9.17) is 0 Å². The smallest absolute Gasteiger partial charge is 0.0579 e. The van der Waals surface area contributed by atoms with E-state index in [2.05, 4.69) is 58.9 Å². The molecular weight excluding hydrogens is 280 g/mol. The van der Waals surface area contributed by atoms with Crippen LogP contribution >= 0.6 is 0 Å². The van der Waals surface area contributed by atoms with Crippen LogP contribution < -0.4 is 0 Å². The largest absolute Gasteiger partial charge is 0.393 e. The second-order valence-electron chi connectivity index (χ2n) is 8.57. The number of allylic oxidation sites excluding steroid dienone is 2. The first kappa shape index (κ1) is 16.8. The first-order valence-corrected chi connectivity index (χ1v) is 9.38. The number of aliphatic hydroxyl groups excluding tert-OH is 1. The molecule has 1 heteroatoms. The van der Waals surface area contributed by atoms with E-state index < -0.39 is 0 Å². The summed E-state index contributed by atoms with van der Waals surface area (Å²) in [7, 11) is 0. The van der Waals surface area contributed by atoms with Gasteiger partial charge in [-0.2, -0.15) is 0 Å². The van der Waals surface area contributed by atoms with Gasteiger partial charge in [-0.15, -0.1) is 0 Å². The van der Waals surface area contributed by atoms with Gasteiger partial charge >= 0.3 is 0 Å². The molecule has 0 radical (unpaired) electrons. The fourth-order valence-electron chi connectivity index (χ4n) is 4.32. The topological polar surface area (TPSA) is 20.2 Å². The summed E-state index contributed by atoms with van der Waals surface area (Å²) in [6.45, 7) is 11.6. The van der Waals surface area contributed by atoms with Crippen LogP contribution in [0.3, 0.4) is 0 Å². The van der Waals surface area contributed by atoms with Crippen molar-refractivity contribution in [3.05, 3.63) is 41.0 Å². The van der Waals surface area contributed by atoms with Crippen molar-refractivity contribution in [2.45, 2.75) is 77.7 Å². The van der Waals surface area contributed by atoms with Crippen molar-refractivity contribution in [3.8, 4) is 0 Å². The number of hydrogen-bond acceptors (Lipinski definition) is 1. The maximum absolute atomic E-state index is 9.94. The van der Waals surface area contributed by atoms with Crippen molar-refractivity contribution < 1.29 is 5.11 Å². The van der Waals surface area contributed by atoms with Crippen molar-refractivity contribution in [1.29, 1.82) is 0 Å². The number of hydrogen-bond donors (Lipinski definition) is 1. The predicted molar refractivity (Wildman–Crippen MR) is 98.7 cm³/mol. The normalized spacial score (nSPS) is 26.7. The highest BCUT2D eigenvalue weighted by Gasteiger charge is 2.42. The number of aliphatic hydroxyl groups is 1. The fourth-order valence-corrected chi connectivity index (χ4v) is 4.32. The van der Waals surface area contributed by atoms with Crippen LogP contribution in [0.1, 0.15) is 82.9 Å². The van der Waals surface area contributed by atoms with E-state index in [1.807, 2.05) is 0 Å². The van der Waals surface area contributed by atoms with Crippen molar-refractivity contribution in [1.82, 2.24) is 0 Å².